The molecule has 2 heteroatoms. The molecule has 1 aromatic rings. The van der Waals surface area contributed by atoms with E-state index >= 15 is 0 Å². The van der Waals surface area contributed by atoms with Gasteiger partial charge in [-0.1, -0.05) is 6.07 Å². The Bertz CT molecular complexity index is 303. The Morgan fingerprint density at radius 2 is 2.33 bits per heavy atom. The number of halogens is 1. The molecule has 0 aliphatic carbocycles. The quantitative estimate of drug-likeness (QED) is 0.619. The SMILES string of the molecule is [2H]C1CCCN1c1cccc(F)c1. The summed E-state index contributed by atoms with van der Waals surface area (Å²) in [4.78, 5) is 1.93. The van der Waals surface area contributed by atoms with E-state index in [1.54, 1.807) is 6.07 Å². The fraction of sp³-hybridized carbons (Fsp3) is 0.400. The van der Waals surface area contributed by atoms with E-state index in [1.807, 2.05) is 11.0 Å². The van der Waals surface area contributed by atoms with Crippen molar-refractivity contribution in [2.24, 2.45) is 0 Å². The predicted octanol–water partition coefficient (Wildman–Crippen LogP) is 2.43. The van der Waals surface area contributed by atoms with Crippen molar-refractivity contribution in [1.82, 2.24) is 0 Å². The van der Waals surface area contributed by atoms with Crippen LogP contribution >= 0.6 is 0 Å². The van der Waals surface area contributed by atoms with E-state index in [1.165, 1.54) is 12.1 Å². The Balaban J connectivity index is 2.24. The van der Waals surface area contributed by atoms with Gasteiger partial charge >= 0.3 is 0 Å². The highest BCUT2D eigenvalue weighted by molar-refractivity contribution is 5.46. The highest BCUT2D eigenvalue weighted by Crippen LogP contribution is 2.20. The van der Waals surface area contributed by atoms with Crippen molar-refractivity contribution in [2.45, 2.75) is 12.8 Å². The molecule has 2 rings (SSSR count). The van der Waals surface area contributed by atoms with Crippen LogP contribution in [-0.4, -0.2) is 13.1 Å². The molecular formula is C10H12FN. The van der Waals surface area contributed by atoms with E-state index in [-0.39, 0.29) is 12.3 Å². The zero-order chi connectivity index (χ0) is 9.26. The highest BCUT2D eigenvalue weighted by atomic mass is 19.1. The second kappa shape index (κ2) is 3.13. The summed E-state index contributed by atoms with van der Waals surface area (Å²) >= 11 is 0. The van der Waals surface area contributed by atoms with E-state index in [2.05, 4.69) is 0 Å². The van der Waals surface area contributed by atoms with Crippen molar-refractivity contribution < 1.29 is 5.76 Å². The largest absolute Gasteiger partial charge is 0.371 e. The third-order valence-electron chi connectivity index (χ3n) is 2.09. The summed E-state index contributed by atoms with van der Waals surface area (Å²) in [6.45, 7) is 0.680. The summed E-state index contributed by atoms with van der Waals surface area (Å²) in [5.74, 6) is -0.225. The van der Waals surface area contributed by atoms with Crippen LogP contribution in [0.25, 0.3) is 0 Å². The topological polar surface area (TPSA) is 3.24 Å². The maximum atomic E-state index is 12.9. The van der Waals surface area contributed by atoms with Crippen molar-refractivity contribution in [3.63, 3.8) is 0 Å². The second-order valence-corrected chi connectivity index (χ2v) is 3.00. The average molecular weight is 166 g/mol. The molecule has 12 heavy (non-hydrogen) atoms. The number of nitrogens with zero attached hydrogens (tertiary/aromatic N) is 1. The summed E-state index contributed by atoms with van der Waals surface area (Å²) in [6.07, 6.45) is 1.92. The van der Waals surface area contributed by atoms with Gasteiger partial charge in [-0.3, -0.25) is 0 Å². The van der Waals surface area contributed by atoms with Crippen molar-refractivity contribution >= 4 is 5.69 Å². The van der Waals surface area contributed by atoms with Gasteiger partial charge in [0.15, 0.2) is 0 Å². The summed E-state index contributed by atoms with van der Waals surface area (Å²) < 4.78 is 20.6. The summed E-state index contributed by atoms with van der Waals surface area (Å²) in [5, 5.41) is 0. The van der Waals surface area contributed by atoms with Crippen molar-refractivity contribution in [2.75, 3.05) is 18.0 Å². The third-order valence-corrected chi connectivity index (χ3v) is 2.09. The smallest absolute Gasteiger partial charge is 0.125 e. The van der Waals surface area contributed by atoms with E-state index in [0.29, 0.717) is 0 Å². The van der Waals surface area contributed by atoms with Crippen LogP contribution in [0, 0.1) is 5.82 Å². The van der Waals surface area contributed by atoms with E-state index in [9.17, 15) is 4.39 Å². The molecular weight excluding hydrogens is 153 g/mol. The van der Waals surface area contributed by atoms with Crippen LogP contribution in [0.5, 0.6) is 0 Å². The molecule has 0 spiro atoms. The molecule has 1 unspecified atom stereocenters. The highest BCUT2D eigenvalue weighted by Gasteiger charge is 2.11. The lowest BCUT2D eigenvalue weighted by molar-refractivity contribution is 0.627. The maximum absolute atomic E-state index is 12.9. The molecule has 64 valence electrons. The average Bonchev–Trinajstić information content (AvgIpc) is 2.51. The fourth-order valence-electron chi connectivity index (χ4n) is 1.49. The first kappa shape index (κ1) is 6.46. The van der Waals surface area contributed by atoms with E-state index in [4.69, 9.17) is 1.37 Å². The lowest BCUT2D eigenvalue weighted by Gasteiger charge is -2.16. The molecule has 0 aromatic heterocycles. The minimum absolute atomic E-state index is 0.193. The lowest BCUT2D eigenvalue weighted by atomic mass is 10.3. The van der Waals surface area contributed by atoms with Gasteiger partial charge in [0.05, 0.1) is 0 Å². The van der Waals surface area contributed by atoms with Gasteiger partial charge in [0.25, 0.3) is 0 Å². The number of anilines is 1. The van der Waals surface area contributed by atoms with Gasteiger partial charge in [-0.15, -0.1) is 0 Å². The Labute approximate surface area is 73.2 Å². The minimum atomic E-state index is -0.225. The van der Waals surface area contributed by atoms with Crippen LogP contribution in [0.15, 0.2) is 24.3 Å². The predicted molar refractivity (Wildman–Crippen MR) is 47.8 cm³/mol. The van der Waals surface area contributed by atoms with Crippen LogP contribution < -0.4 is 4.90 Å². The van der Waals surface area contributed by atoms with Crippen LogP contribution in [0.1, 0.15) is 14.2 Å². The molecule has 1 saturated heterocycles. The van der Waals surface area contributed by atoms with Crippen molar-refractivity contribution in [3.05, 3.63) is 30.1 Å². The molecule has 1 aliphatic rings. The van der Waals surface area contributed by atoms with Crippen LogP contribution in [0.4, 0.5) is 10.1 Å². The van der Waals surface area contributed by atoms with E-state index in [0.717, 1.165) is 25.1 Å². The molecule has 1 nitrogen and oxygen atoms in total. The summed E-state index contributed by atoms with van der Waals surface area (Å²) in [5.41, 5.74) is 0.831. The first-order valence-corrected chi connectivity index (χ1v) is 4.22. The first-order chi connectivity index (χ1) is 6.27. The Morgan fingerprint density at radius 1 is 1.42 bits per heavy atom. The normalized spacial score (nSPS) is 24.2. The van der Waals surface area contributed by atoms with Gasteiger partial charge in [0.1, 0.15) is 5.82 Å². The zero-order valence-corrected chi connectivity index (χ0v) is 6.83. The van der Waals surface area contributed by atoms with Crippen LogP contribution in [-0.2, 0) is 0 Å². The number of rotatable bonds is 1. The Morgan fingerprint density at radius 3 is 3.00 bits per heavy atom. The Hall–Kier alpha value is -1.05. The Kier molecular flexibility index (Phi) is 1.69. The standard InChI is InChI=1S/C10H12FN/c11-9-4-3-5-10(8-9)12-6-1-2-7-12/h3-5,8H,1-2,6-7H2/i6D. The molecule has 0 bridgehead atoms. The van der Waals surface area contributed by atoms with Gasteiger partial charge in [-0.2, -0.15) is 0 Å². The molecule has 1 atom stereocenters. The molecule has 1 aliphatic heterocycles. The lowest BCUT2D eigenvalue weighted by Crippen LogP contribution is -2.17. The number of benzene rings is 1. The van der Waals surface area contributed by atoms with Gasteiger partial charge in [-0.25, -0.2) is 4.39 Å². The fourth-order valence-corrected chi connectivity index (χ4v) is 1.49. The monoisotopic (exact) mass is 166 g/mol. The number of hydrogen-bond donors (Lipinski definition) is 0. The molecule has 0 saturated carbocycles. The first-order valence-electron chi connectivity index (χ1n) is 4.79. The van der Waals surface area contributed by atoms with Gasteiger partial charge < -0.3 is 4.90 Å². The molecule has 1 heterocycles. The van der Waals surface area contributed by atoms with Gasteiger partial charge in [-0.05, 0) is 31.0 Å². The summed E-state index contributed by atoms with van der Waals surface area (Å²) in [6, 6.07) is 6.47. The third kappa shape index (κ3) is 1.42. The maximum Gasteiger partial charge on any atom is 0.125 e. The van der Waals surface area contributed by atoms with Crippen molar-refractivity contribution in [1.29, 1.82) is 0 Å². The minimum Gasteiger partial charge on any atom is -0.371 e. The second-order valence-electron chi connectivity index (χ2n) is 3.00. The van der Waals surface area contributed by atoms with E-state index < -0.39 is 0 Å². The van der Waals surface area contributed by atoms with Crippen molar-refractivity contribution in [3.8, 4) is 0 Å². The van der Waals surface area contributed by atoms with Gasteiger partial charge in [0.2, 0.25) is 0 Å². The van der Waals surface area contributed by atoms with Crippen LogP contribution in [0.2, 0.25) is 0 Å². The van der Waals surface area contributed by atoms with Gasteiger partial charge in [0, 0.05) is 20.1 Å². The zero-order valence-electron chi connectivity index (χ0n) is 7.83. The molecule has 1 aromatic carbocycles. The number of hydrogen-bond acceptors (Lipinski definition) is 1. The van der Waals surface area contributed by atoms with Crippen LogP contribution in [0.3, 0.4) is 0 Å². The summed E-state index contributed by atoms with van der Waals surface area (Å²) in [7, 11) is 0. The molecule has 1 fully saturated rings. The molecule has 0 radical (unpaired) electrons. The molecule has 0 N–H and O–H groups in total. The molecule has 0 amide bonds.